The second-order valence-electron chi connectivity index (χ2n) is 11.1. The molecule has 0 unspecified atom stereocenters. The van der Waals surface area contributed by atoms with Gasteiger partial charge in [-0.25, -0.2) is 4.79 Å². The lowest BCUT2D eigenvalue weighted by Crippen LogP contribution is -2.42. The second-order valence-corrected chi connectivity index (χ2v) is 11.1. The van der Waals surface area contributed by atoms with Crippen LogP contribution < -0.4 is 5.46 Å². The number of ether oxygens (including phenoxy) is 1. The van der Waals surface area contributed by atoms with Crippen molar-refractivity contribution in [3.05, 3.63) is 12.4 Å². The van der Waals surface area contributed by atoms with Gasteiger partial charge in [0.15, 0.2) is 0 Å². The monoisotopic (exact) mass is 479 g/mol. The Labute approximate surface area is 209 Å². The van der Waals surface area contributed by atoms with Crippen molar-refractivity contribution < 1.29 is 18.8 Å². The Bertz CT molecular complexity index is 733. The van der Waals surface area contributed by atoms with E-state index in [1.165, 1.54) is 6.42 Å². The quantitative estimate of drug-likeness (QED) is 0.500. The van der Waals surface area contributed by atoms with Gasteiger partial charge in [-0.1, -0.05) is 34.1 Å². The first-order chi connectivity index (χ1) is 15.7. The largest absolute Gasteiger partial charge is 0.498 e. The van der Waals surface area contributed by atoms with E-state index in [0.717, 1.165) is 31.1 Å². The molecule has 2 heterocycles. The zero-order valence-corrected chi connectivity index (χ0v) is 23.9. The van der Waals surface area contributed by atoms with Crippen LogP contribution in [0.2, 0.25) is 0 Å². The molecule has 1 aliphatic carbocycles. The predicted octanol–water partition coefficient (Wildman–Crippen LogP) is 5.98. The standard InChI is InChI=1S/C21H36BN3O4.C3H8.C2H6/c1-19(2,3)27-18(26)24(8)16-9-11-17(12-10-16)25-14-15(13-23-25)22-28-20(4,5)21(6,7)29-22;1-3-2;1-2/h13-14,16-17H,9-12H2,1-8H3;3H2,1-2H3;1-2H3. The van der Waals surface area contributed by atoms with Gasteiger partial charge >= 0.3 is 13.2 Å². The number of aromatic nitrogens is 2. The van der Waals surface area contributed by atoms with Gasteiger partial charge in [-0.05, 0) is 74.1 Å². The summed E-state index contributed by atoms with van der Waals surface area (Å²) in [6, 6.07) is 0.536. The summed E-state index contributed by atoms with van der Waals surface area (Å²) in [5, 5.41) is 4.58. The molecular formula is C26H50BN3O4. The molecule has 0 aromatic carbocycles. The minimum Gasteiger partial charge on any atom is -0.444 e. The van der Waals surface area contributed by atoms with Gasteiger partial charge in [-0.15, -0.1) is 0 Å². The van der Waals surface area contributed by atoms with Gasteiger partial charge in [0.1, 0.15) is 5.60 Å². The molecule has 7 nitrogen and oxygen atoms in total. The van der Waals surface area contributed by atoms with Crippen molar-refractivity contribution in [1.82, 2.24) is 14.7 Å². The summed E-state index contributed by atoms with van der Waals surface area (Å²) < 4.78 is 19.8. The van der Waals surface area contributed by atoms with Crippen molar-refractivity contribution in [1.29, 1.82) is 0 Å². The van der Waals surface area contributed by atoms with Crippen LogP contribution in [-0.2, 0) is 14.0 Å². The van der Waals surface area contributed by atoms with Gasteiger partial charge in [0.05, 0.1) is 17.2 Å². The topological polar surface area (TPSA) is 65.8 Å². The molecule has 0 N–H and O–H groups in total. The van der Waals surface area contributed by atoms with Gasteiger partial charge in [-0.3, -0.25) is 4.68 Å². The van der Waals surface area contributed by atoms with Gasteiger partial charge in [-0.2, -0.15) is 5.10 Å². The predicted molar refractivity (Wildman–Crippen MR) is 141 cm³/mol. The molecular weight excluding hydrogens is 429 g/mol. The van der Waals surface area contributed by atoms with Gasteiger partial charge in [0.25, 0.3) is 0 Å². The van der Waals surface area contributed by atoms with Crippen molar-refractivity contribution in [2.75, 3.05) is 7.05 Å². The zero-order valence-electron chi connectivity index (χ0n) is 23.9. The van der Waals surface area contributed by atoms with E-state index in [0.29, 0.717) is 6.04 Å². The number of carbonyl (C=O) groups excluding carboxylic acids is 1. The van der Waals surface area contributed by atoms with Crippen molar-refractivity contribution in [3.63, 3.8) is 0 Å². The lowest BCUT2D eigenvalue weighted by molar-refractivity contribution is 0.00578. The fourth-order valence-electron chi connectivity index (χ4n) is 3.85. The Hall–Kier alpha value is -1.54. The molecule has 1 aromatic heterocycles. The fraction of sp³-hybridized carbons (Fsp3) is 0.846. The lowest BCUT2D eigenvalue weighted by atomic mass is 9.82. The summed E-state index contributed by atoms with van der Waals surface area (Å²) >= 11 is 0. The van der Waals surface area contributed by atoms with Gasteiger partial charge in [0.2, 0.25) is 0 Å². The SMILES string of the molecule is CC.CCC.CN(C(=O)OC(C)(C)C)C1CCC(n2cc(B3OC(C)(C)C(C)(C)O3)cn2)CC1. The molecule has 2 fully saturated rings. The summed E-state index contributed by atoms with van der Waals surface area (Å²) in [4.78, 5) is 14.1. The summed E-state index contributed by atoms with van der Waals surface area (Å²) in [6.45, 7) is 22.2. The highest BCUT2D eigenvalue weighted by Gasteiger charge is 2.52. The Morgan fingerprint density at radius 2 is 1.59 bits per heavy atom. The molecule has 0 atom stereocenters. The van der Waals surface area contributed by atoms with Crippen LogP contribution in [0.25, 0.3) is 0 Å². The van der Waals surface area contributed by atoms with Crippen LogP contribution in [0.4, 0.5) is 4.79 Å². The van der Waals surface area contributed by atoms with Crippen LogP contribution >= 0.6 is 0 Å². The first kappa shape index (κ1) is 30.5. The zero-order chi connectivity index (χ0) is 26.3. The van der Waals surface area contributed by atoms with Crippen LogP contribution in [0.1, 0.15) is 114 Å². The van der Waals surface area contributed by atoms with E-state index >= 15 is 0 Å². The smallest absolute Gasteiger partial charge is 0.444 e. The summed E-state index contributed by atoms with van der Waals surface area (Å²) in [6.07, 6.45) is 8.72. The average molecular weight is 480 g/mol. The van der Waals surface area contributed by atoms with Crippen LogP contribution in [0.3, 0.4) is 0 Å². The van der Waals surface area contributed by atoms with Gasteiger partial charge in [0, 0.05) is 30.9 Å². The Morgan fingerprint density at radius 3 is 2.03 bits per heavy atom. The van der Waals surface area contributed by atoms with Crippen LogP contribution in [0.5, 0.6) is 0 Å². The number of hydrogen-bond acceptors (Lipinski definition) is 5. The third-order valence-electron chi connectivity index (χ3n) is 6.42. The first-order valence-corrected chi connectivity index (χ1v) is 13.1. The molecule has 3 rings (SSSR count). The van der Waals surface area contributed by atoms with Crippen LogP contribution in [-0.4, -0.2) is 57.8 Å². The number of carbonyl (C=O) groups is 1. The van der Waals surface area contributed by atoms with E-state index in [4.69, 9.17) is 14.0 Å². The normalized spacial score (nSPS) is 23.2. The molecule has 2 aliphatic rings. The van der Waals surface area contributed by atoms with E-state index < -0.39 is 5.60 Å². The van der Waals surface area contributed by atoms with Gasteiger partial charge < -0.3 is 18.9 Å². The molecule has 0 bridgehead atoms. The third-order valence-corrected chi connectivity index (χ3v) is 6.42. The lowest BCUT2D eigenvalue weighted by Gasteiger charge is -2.35. The van der Waals surface area contributed by atoms with Crippen molar-refractivity contribution in [3.8, 4) is 0 Å². The molecule has 8 heteroatoms. The maximum Gasteiger partial charge on any atom is 0.498 e. The molecule has 1 aromatic rings. The van der Waals surface area contributed by atoms with E-state index in [9.17, 15) is 4.79 Å². The van der Waals surface area contributed by atoms with Crippen molar-refractivity contribution in [2.24, 2.45) is 0 Å². The van der Waals surface area contributed by atoms with E-state index in [1.807, 2.05) is 58.7 Å². The minimum atomic E-state index is -0.471. The summed E-state index contributed by atoms with van der Waals surface area (Å²) in [5.41, 5.74) is -0.230. The molecule has 1 amide bonds. The molecule has 0 radical (unpaired) electrons. The maximum absolute atomic E-state index is 12.3. The highest BCUT2D eigenvalue weighted by molar-refractivity contribution is 6.62. The van der Waals surface area contributed by atoms with Crippen molar-refractivity contribution >= 4 is 18.7 Å². The Balaban J connectivity index is 0.00000107. The maximum atomic E-state index is 12.3. The molecule has 196 valence electrons. The Kier molecular flexibility index (Phi) is 11.2. The minimum absolute atomic E-state index is 0.208. The highest BCUT2D eigenvalue weighted by atomic mass is 16.7. The molecule has 1 saturated heterocycles. The first-order valence-electron chi connectivity index (χ1n) is 13.1. The second kappa shape index (κ2) is 12.4. The van der Waals surface area contributed by atoms with E-state index in [1.54, 1.807) is 4.90 Å². The highest BCUT2D eigenvalue weighted by Crippen LogP contribution is 2.37. The molecule has 0 spiro atoms. The number of rotatable bonds is 3. The summed E-state index contributed by atoms with van der Waals surface area (Å²) in [5.74, 6) is 0. The van der Waals surface area contributed by atoms with E-state index in [2.05, 4.69) is 46.6 Å². The number of nitrogens with zero attached hydrogens (tertiary/aromatic N) is 3. The Morgan fingerprint density at radius 1 is 1.12 bits per heavy atom. The van der Waals surface area contributed by atoms with E-state index in [-0.39, 0.29) is 30.5 Å². The van der Waals surface area contributed by atoms with Crippen molar-refractivity contribution in [2.45, 2.75) is 137 Å². The number of amides is 1. The summed E-state index contributed by atoms with van der Waals surface area (Å²) in [7, 11) is 1.45. The van der Waals surface area contributed by atoms with Crippen LogP contribution in [0.15, 0.2) is 12.4 Å². The number of hydrogen-bond donors (Lipinski definition) is 0. The molecule has 1 saturated carbocycles. The molecule has 1 aliphatic heterocycles. The molecule has 34 heavy (non-hydrogen) atoms. The average Bonchev–Trinajstić information content (AvgIpc) is 3.31. The third kappa shape index (κ3) is 8.01. The fourth-order valence-corrected chi connectivity index (χ4v) is 3.85. The van der Waals surface area contributed by atoms with Crippen LogP contribution in [0, 0.1) is 0 Å².